The molecule has 0 aromatic carbocycles. The van der Waals surface area contributed by atoms with Crippen molar-refractivity contribution in [3.8, 4) is 0 Å². The molecule has 64 valence electrons. The Morgan fingerprint density at radius 3 is 3.25 bits per heavy atom. The maximum Gasteiger partial charge on any atom is 0.188 e. The van der Waals surface area contributed by atoms with Crippen molar-refractivity contribution in [2.75, 3.05) is 11.9 Å². The lowest BCUT2D eigenvalue weighted by atomic mass is 10.6. The smallest absolute Gasteiger partial charge is 0.188 e. The molecule has 0 saturated carbocycles. The van der Waals surface area contributed by atoms with E-state index >= 15 is 0 Å². The van der Waals surface area contributed by atoms with Crippen LogP contribution in [0.1, 0.15) is 0 Å². The van der Waals surface area contributed by atoms with E-state index < -0.39 is 0 Å². The molecule has 2 N–H and O–H groups in total. The third-order valence-corrected chi connectivity index (χ3v) is 1.99. The number of rotatable bonds is 3. The summed E-state index contributed by atoms with van der Waals surface area (Å²) in [4.78, 5) is 4.02. The van der Waals surface area contributed by atoms with E-state index in [1.165, 1.54) is 11.3 Å². The maximum atomic E-state index is 4.96. The Morgan fingerprint density at radius 1 is 1.83 bits per heavy atom. The summed E-state index contributed by atoms with van der Waals surface area (Å²) in [5.41, 5.74) is 0. The molecule has 1 aromatic rings. The molecule has 12 heavy (non-hydrogen) atoms. The standard InChI is InChI=1S/C7H9N3S2/c1-2-3-8-6(11)10-7-9-4-5-12-7/h2,4-5H,1,3H2,(H2,8,9,10,11). The van der Waals surface area contributed by atoms with Gasteiger partial charge in [0.25, 0.3) is 0 Å². The minimum Gasteiger partial charge on any atom is -0.359 e. The Labute approximate surface area is 80.5 Å². The van der Waals surface area contributed by atoms with Gasteiger partial charge < -0.3 is 10.6 Å². The Kier molecular flexibility index (Phi) is 3.69. The fourth-order valence-electron chi connectivity index (χ4n) is 0.591. The summed E-state index contributed by atoms with van der Waals surface area (Å²) in [6.07, 6.45) is 3.47. The van der Waals surface area contributed by atoms with Gasteiger partial charge in [-0.2, -0.15) is 0 Å². The summed E-state index contributed by atoms with van der Waals surface area (Å²) in [5, 5.41) is 9.14. The van der Waals surface area contributed by atoms with Crippen LogP contribution >= 0.6 is 23.6 Å². The fourth-order valence-corrected chi connectivity index (χ4v) is 1.37. The van der Waals surface area contributed by atoms with Crippen molar-refractivity contribution in [3.05, 3.63) is 24.2 Å². The van der Waals surface area contributed by atoms with Crippen LogP contribution in [0.4, 0.5) is 5.13 Å². The molecule has 1 aromatic heterocycles. The number of thiazole rings is 1. The summed E-state index contributed by atoms with van der Waals surface area (Å²) in [6, 6.07) is 0. The molecule has 0 amide bonds. The molecule has 0 aliphatic carbocycles. The van der Waals surface area contributed by atoms with Gasteiger partial charge in [-0.3, -0.25) is 0 Å². The Morgan fingerprint density at radius 2 is 2.67 bits per heavy atom. The first kappa shape index (κ1) is 9.15. The second-order valence-electron chi connectivity index (χ2n) is 1.96. The molecule has 1 rings (SSSR count). The monoisotopic (exact) mass is 199 g/mol. The van der Waals surface area contributed by atoms with Crippen molar-refractivity contribution in [3.63, 3.8) is 0 Å². The van der Waals surface area contributed by atoms with E-state index in [-0.39, 0.29) is 0 Å². The summed E-state index contributed by atoms with van der Waals surface area (Å²) < 4.78 is 0. The zero-order chi connectivity index (χ0) is 8.81. The van der Waals surface area contributed by atoms with Crippen molar-refractivity contribution in [1.82, 2.24) is 10.3 Å². The number of aromatic nitrogens is 1. The molecule has 0 radical (unpaired) electrons. The van der Waals surface area contributed by atoms with Gasteiger partial charge in [0.15, 0.2) is 10.2 Å². The Hall–Kier alpha value is -0.940. The van der Waals surface area contributed by atoms with E-state index in [1.54, 1.807) is 12.3 Å². The van der Waals surface area contributed by atoms with E-state index in [2.05, 4.69) is 22.2 Å². The van der Waals surface area contributed by atoms with Gasteiger partial charge in [-0.1, -0.05) is 6.08 Å². The highest BCUT2D eigenvalue weighted by Gasteiger charge is 1.96. The van der Waals surface area contributed by atoms with Crippen molar-refractivity contribution in [2.45, 2.75) is 0 Å². The van der Waals surface area contributed by atoms with Gasteiger partial charge in [0.05, 0.1) is 0 Å². The van der Waals surface area contributed by atoms with Crippen molar-refractivity contribution >= 4 is 33.8 Å². The van der Waals surface area contributed by atoms with Gasteiger partial charge in [0.2, 0.25) is 0 Å². The van der Waals surface area contributed by atoms with Gasteiger partial charge in [-0.25, -0.2) is 4.98 Å². The number of thiocarbonyl (C=S) groups is 1. The molecule has 5 heteroatoms. The lowest BCUT2D eigenvalue weighted by Gasteiger charge is -2.04. The maximum absolute atomic E-state index is 4.96. The summed E-state index contributed by atoms with van der Waals surface area (Å²) in [7, 11) is 0. The first-order valence-corrected chi connectivity index (χ1v) is 4.67. The first-order valence-electron chi connectivity index (χ1n) is 3.38. The van der Waals surface area contributed by atoms with Crippen molar-refractivity contribution in [2.24, 2.45) is 0 Å². The Bertz CT molecular complexity index is 256. The van der Waals surface area contributed by atoms with Crippen molar-refractivity contribution < 1.29 is 0 Å². The first-order chi connectivity index (χ1) is 5.83. The minimum absolute atomic E-state index is 0.574. The molecule has 0 saturated heterocycles. The number of anilines is 1. The van der Waals surface area contributed by atoms with Crippen LogP contribution < -0.4 is 10.6 Å². The summed E-state index contributed by atoms with van der Waals surface area (Å²) in [6.45, 7) is 4.23. The molecule has 0 unspecified atom stereocenters. The van der Waals surface area contributed by atoms with E-state index in [0.29, 0.717) is 11.7 Å². The second-order valence-corrected chi connectivity index (χ2v) is 3.26. The van der Waals surface area contributed by atoms with Crippen LogP contribution in [-0.2, 0) is 0 Å². The molecule has 0 spiro atoms. The predicted octanol–water partition coefficient (Wildman–Crippen LogP) is 1.62. The molecule has 0 bridgehead atoms. The van der Waals surface area contributed by atoms with Crippen LogP contribution in [0.25, 0.3) is 0 Å². The number of hydrogen-bond acceptors (Lipinski definition) is 3. The van der Waals surface area contributed by atoms with Gasteiger partial charge in [-0.05, 0) is 12.2 Å². The average molecular weight is 199 g/mol. The zero-order valence-corrected chi connectivity index (χ0v) is 8.04. The van der Waals surface area contributed by atoms with Gasteiger partial charge in [0, 0.05) is 18.1 Å². The molecule has 1 heterocycles. The Balaban J connectivity index is 2.32. The normalized spacial score (nSPS) is 9.00. The average Bonchev–Trinajstić information content (AvgIpc) is 2.53. The van der Waals surface area contributed by atoms with E-state index in [9.17, 15) is 0 Å². The summed E-state index contributed by atoms with van der Waals surface area (Å²) in [5.74, 6) is 0. The van der Waals surface area contributed by atoms with Crippen LogP contribution in [0.15, 0.2) is 24.2 Å². The highest BCUT2D eigenvalue weighted by molar-refractivity contribution is 7.80. The van der Waals surface area contributed by atoms with Crippen LogP contribution in [0.3, 0.4) is 0 Å². The van der Waals surface area contributed by atoms with E-state index in [4.69, 9.17) is 12.2 Å². The molecule has 0 atom stereocenters. The van der Waals surface area contributed by atoms with E-state index in [1.807, 2.05) is 5.38 Å². The molecular formula is C7H9N3S2. The molecule has 0 aliphatic heterocycles. The van der Waals surface area contributed by atoms with Gasteiger partial charge in [-0.15, -0.1) is 17.9 Å². The van der Waals surface area contributed by atoms with Crippen LogP contribution in [0.5, 0.6) is 0 Å². The van der Waals surface area contributed by atoms with Crippen LogP contribution in [0, 0.1) is 0 Å². The molecule has 0 fully saturated rings. The highest BCUT2D eigenvalue weighted by atomic mass is 32.1. The lowest BCUT2D eigenvalue weighted by molar-refractivity contribution is 1.06. The third-order valence-electron chi connectivity index (χ3n) is 1.06. The quantitative estimate of drug-likeness (QED) is 0.573. The second kappa shape index (κ2) is 4.84. The highest BCUT2D eigenvalue weighted by Crippen LogP contribution is 2.09. The largest absolute Gasteiger partial charge is 0.359 e. The number of hydrogen-bond donors (Lipinski definition) is 2. The molecular weight excluding hydrogens is 190 g/mol. The van der Waals surface area contributed by atoms with Gasteiger partial charge in [0.1, 0.15) is 0 Å². The predicted molar refractivity (Wildman–Crippen MR) is 56.5 cm³/mol. The van der Waals surface area contributed by atoms with Crippen LogP contribution in [-0.4, -0.2) is 16.6 Å². The topological polar surface area (TPSA) is 37.0 Å². The van der Waals surface area contributed by atoms with E-state index in [0.717, 1.165) is 5.13 Å². The lowest BCUT2D eigenvalue weighted by Crippen LogP contribution is -2.28. The number of nitrogens with zero attached hydrogens (tertiary/aromatic N) is 1. The summed E-state index contributed by atoms with van der Waals surface area (Å²) >= 11 is 6.47. The number of nitrogens with one attached hydrogen (secondary N) is 2. The molecule has 0 aliphatic rings. The zero-order valence-electron chi connectivity index (χ0n) is 6.41. The van der Waals surface area contributed by atoms with Crippen LogP contribution in [0.2, 0.25) is 0 Å². The van der Waals surface area contributed by atoms with Gasteiger partial charge >= 0.3 is 0 Å². The molecule has 3 nitrogen and oxygen atoms in total. The minimum atomic E-state index is 0.574. The fraction of sp³-hybridized carbons (Fsp3) is 0.143. The third kappa shape index (κ3) is 2.98. The van der Waals surface area contributed by atoms with Crippen molar-refractivity contribution in [1.29, 1.82) is 0 Å². The SMILES string of the molecule is C=CCNC(=S)Nc1nccs1.